The maximum atomic E-state index is 12.1. The zero-order chi connectivity index (χ0) is 18.9. The zero-order valence-corrected chi connectivity index (χ0v) is 14.1. The van der Waals surface area contributed by atoms with E-state index in [2.05, 4.69) is 15.3 Å². The van der Waals surface area contributed by atoms with Crippen molar-refractivity contribution in [3.05, 3.63) is 36.2 Å². The molecule has 0 unspecified atom stereocenters. The fraction of sp³-hybridized carbons (Fsp3) is 0.235. The predicted molar refractivity (Wildman–Crippen MR) is 95.6 cm³/mol. The minimum atomic E-state index is -0.473. The summed E-state index contributed by atoms with van der Waals surface area (Å²) in [6.45, 7) is 1.88. The molecular formula is C17H17N7O2. The Morgan fingerprint density at radius 1 is 1.27 bits per heavy atom. The van der Waals surface area contributed by atoms with Crippen LogP contribution in [-0.2, 0) is 4.74 Å². The highest BCUT2D eigenvalue weighted by Crippen LogP contribution is 2.29. The molecule has 0 radical (unpaired) electrons. The van der Waals surface area contributed by atoms with E-state index in [1.807, 2.05) is 12.1 Å². The Balaban J connectivity index is 2.38. The third-order valence-electron chi connectivity index (χ3n) is 3.36. The van der Waals surface area contributed by atoms with Crippen molar-refractivity contribution in [2.75, 3.05) is 35.6 Å². The first-order chi connectivity index (χ1) is 12.6. The van der Waals surface area contributed by atoms with Gasteiger partial charge in [0.25, 0.3) is 0 Å². The molecule has 0 saturated heterocycles. The number of para-hydroxylation sites is 1. The van der Waals surface area contributed by atoms with Gasteiger partial charge in [-0.25, -0.2) is 14.8 Å². The smallest absolute Gasteiger partial charge is 0.340 e. The summed E-state index contributed by atoms with van der Waals surface area (Å²) in [5.74, 6) is 0.0471. The molecule has 9 nitrogen and oxygen atoms in total. The Kier molecular flexibility index (Phi) is 6.29. The Hall–Kier alpha value is -3.85. The highest BCUT2D eigenvalue weighted by atomic mass is 16.5. The van der Waals surface area contributed by atoms with Crippen LogP contribution >= 0.6 is 0 Å². The molecule has 9 heteroatoms. The first-order valence-electron chi connectivity index (χ1n) is 7.74. The molecule has 0 amide bonds. The van der Waals surface area contributed by atoms with Gasteiger partial charge in [-0.15, -0.1) is 0 Å². The van der Waals surface area contributed by atoms with Crippen molar-refractivity contribution in [2.24, 2.45) is 0 Å². The number of esters is 1. The Labute approximate surface area is 150 Å². The van der Waals surface area contributed by atoms with Crippen molar-refractivity contribution in [1.82, 2.24) is 9.97 Å². The summed E-state index contributed by atoms with van der Waals surface area (Å²) < 4.78 is 5.04. The molecule has 1 aromatic carbocycles. The highest BCUT2D eigenvalue weighted by Gasteiger charge is 2.17. The van der Waals surface area contributed by atoms with E-state index in [0.29, 0.717) is 11.3 Å². The van der Waals surface area contributed by atoms with Crippen LogP contribution in [0.15, 0.2) is 30.6 Å². The number of carbonyl (C=O) groups is 1. The minimum Gasteiger partial charge on any atom is -0.462 e. The van der Waals surface area contributed by atoms with Gasteiger partial charge in [0, 0.05) is 0 Å². The van der Waals surface area contributed by atoms with Crippen LogP contribution in [-0.4, -0.2) is 35.6 Å². The topological polar surface area (TPSA) is 141 Å². The van der Waals surface area contributed by atoms with Crippen molar-refractivity contribution in [1.29, 1.82) is 10.5 Å². The van der Waals surface area contributed by atoms with Crippen LogP contribution in [0.3, 0.4) is 0 Å². The second-order valence-corrected chi connectivity index (χ2v) is 5.02. The van der Waals surface area contributed by atoms with E-state index in [1.165, 1.54) is 11.2 Å². The molecule has 0 aliphatic rings. The first kappa shape index (κ1) is 18.5. The molecule has 0 atom stereocenters. The lowest BCUT2D eigenvalue weighted by atomic mass is 10.2. The second-order valence-electron chi connectivity index (χ2n) is 5.02. The van der Waals surface area contributed by atoms with Gasteiger partial charge in [-0.3, -0.25) is 0 Å². The molecule has 3 N–H and O–H groups in total. The lowest BCUT2D eigenvalue weighted by Crippen LogP contribution is -2.26. The normalized spacial score (nSPS) is 9.65. The van der Waals surface area contributed by atoms with Crippen LogP contribution < -0.4 is 16.0 Å². The lowest BCUT2D eigenvalue weighted by Gasteiger charge is -2.20. The summed E-state index contributed by atoms with van der Waals surface area (Å²) >= 11 is 0. The number of aromatic nitrogens is 2. The van der Waals surface area contributed by atoms with Crippen LogP contribution in [0, 0.1) is 22.7 Å². The summed E-state index contributed by atoms with van der Waals surface area (Å²) in [5, 5.41) is 20.8. The molecule has 0 spiro atoms. The second kappa shape index (κ2) is 8.85. The third-order valence-corrected chi connectivity index (χ3v) is 3.36. The Morgan fingerprint density at radius 3 is 2.62 bits per heavy atom. The minimum absolute atomic E-state index is 0.0480. The van der Waals surface area contributed by atoms with Gasteiger partial charge in [0.05, 0.1) is 30.0 Å². The van der Waals surface area contributed by atoms with Crippen LogP contribution in [0.5, 0.6) is 0 Å². The number of anilines is 4. The van der Waals surface area contributed by atoms with Gasteiger partial charge < -0.3 is 20.7 Å². The fourth-order valence-corrected chi connectivity index (χ4v) is 2.22. The first-order valence-corrected chi connectivity index (χ1v) is 7.74. The number of rotatable bonds is 7. The number of ether oxygens (including phenoxy) is 1. The molecule has 1 aromatic heterocycles. The quantitative estimate of drug-likeness (QED) is 0.564. The van der Waals surface area contributed by atoms with Crippen molar-refractivity contribution in [3.63, 3.8) is 0 Å². The highest BCUT2D eigenvalue weighted by molar-refractivity contribution is 5.97. The molecule has 0 saturated carbocycles. The number of nitrogens with one attached hydrogen (secondary N) is 1. The van der Waals surface area contributed by atoms with Crippen LogP contribution in [0.2, 0.25) is 0 Å². The third kappa shape index (κ3) is 4.16. The molecule has 132 valence electrons. The zero-order valence-electron chi connectivity index (χ0n) is 14.1. The molecular weight excluding hydrogens is 334 g/mol. The lowest BCUT2D eigenvalue weighted by molar-refractivity contribution is 0.0527. The van der Waals surface area contributed by atoms with Gasteiger partial charge in [-0.05, 0) is 19.1 Å². The summed E-state index contributed by atoms with van der Waals surface area (Å²) in [5.41, 5.74) is 7.08. The van der Waals surface area contributed by atoms with Crippen LogP contribution in [0.4, 0.5) is 23.0 Å². The molecule has 2 rings (SSSR count). The number of nitrogens with two attached hydrogens (primary N) is 1. The van der Waals surface area contributed by atoms with Gasteiger partial charge in [0.1, 0.15) is 25.1 Å². The van der Waals surface area contributed by atoms with E-state index in [4.69, 9.17) is 21.0 Å². The van der Waals surface area contributed by atoms with E-state index in [1.54, 1.807) is 31.2 Å². The largest absolute Gasteiger partial charge is 0.462 e. The maximum Gasteiger partial charge on any atom is 0.340 e. The molecule has 0 fully saturated rings. The van der Waals surface area contributed by atoms with E-state index >= 15 is 0 Å². The molecule has 2 aromatic rings. The number of hydrogen-bond acceptors (Lipinski definition) is 9. The maximum absolute atomic E-state index is 12.1. The summed E-state index contributed by atoms with van der Waals surface area (Å²) in [6.07, 6.45) is 1.27. The fourth-order valence-electron chi connectivity index (χ4n) is 2.22. The molecule has 26 heavy (non-hydrogen) atoms. The standard InChI is InChI=1S/C17H17N7O2/c1-2-26-17(25)12-5-3-4-6-13(12)23-15-14(20)16(22-11-21-15)24(9-7-18)10-8-19/h3-6,11H,2,9-10,20H2,1H3,(H,21,22,23). The molecule has 0 aliphatic heterocycles. The van der Waals surface area contributed by atoms with Crippen molar-refractivity contribution in [3.8, 4) is 12.1 Å². The van der Waals surface area contributed by atoms with Crippen molar-refractivity contribution in [2.45, 2.75) is 6.92 Å². The number of nitriles is 2. The van der Waals surface area contributed by atoms with Crippen molar-refractivity contribution < 1.29 is 9.53 Å². The van der Waals surface area contributed by atoms with Crippen LogP contribution in [0.1, 0.15) is 17.3 Å². The number of benzene rings is 1. The monoisotopic (exact) mass is 351 g/mol. The molecule has 0 bridgehead atoms. The van der Waals surface area contributed by atoms with Gasteiger partial charge in [-0.2, -0.15) is 10.5 Å². The Bertz CT molecular complexity index is 854. The van der Waals surface area contributed by atoms with Crippen LogP contribution in [0.25, 0.3) is 0 Å². The van der Waals surface area contributed by atoms with E-state index in [0.717, 1.165) is 0 Å². The van der Waals surface area contributed by atoms with Gasteiger partial charge >= 0.3 is 5.97 Å². The number of nitrogens with zero attached hydrogens (tertiary/aromatic N) is 5. The average Bonchev–Trinajstić information content (AvgIpc) is 2.64. The van der Waals surface area contributed by atoms with Gasteiger partial charge in [-0.1, -0.05) is 12.1 Å². The Morgan fingerprint density at radius 2 is 1.96 bits per heavy atom. The average molecular weight is 351 g/mol. The SMILES string of the molecule is CCOC(=O)c1ccccc1Nc1ncnc(N(CC#N)CC#N)c1N. The summed E-state index contributed by atoms with van der Waals surface area (Å²) in [7, 11) is 0. The predicted octanol–water partition coefficient (Wildman–Crippen LogP) is 1.83. The van der Waals surface area contributed by atoms with E-state index < -0.39 is 5.97 Å². The summed E-state index contributed by atoms with van der Waals surface area (Å²) in [4.78, 5) is 21.7. The number of carbonyl (C=O) groups excluding carboxylic acids is 1. The summed E-state index contributed by atoms with van der Waals surface area (Å²) in [6, 6.07) is 10.7. The molecule has 0 aliphatic carbocycles. The van der Waals surface area contributed by atoms with Gasteiger partial charge in [0.2, 0.25) is 0 Å². The van der Waals surface area contributed by atoms with Gasteiger partial charge in [0.15, 0.2) is 11.6 Å². The number of nitrogen functional groups attached to an aromatic ring is 1. The number of hydrogen-bond donors (Lipinski definition) is 2. The molecule has 1 heterocycles. The van der Waals surface area contributed by atoms with E-state index in [-0.39, 0.29) is 37.0 Å². The van der Waals surface area contributed by atoms with E-state index in [9.17, 15) is 4.79 Å². The van der Waals surface area contributed by atoms with Crippen molar-refractivity contribution >= 4 is 29.0 Å².